The molecule has 6 rings (SSSR count). The molecule has 4 heterocycles. The molecule has 3 N–H and O–H groups in total. The van der Waals surface area contributed by atoms with Crippen molar-refractivity contribution in [3.63, 3.8) is 0 Å². The van der Waals surface area contributed by atoms with Crippen molar-refractivity contribution in [1.82, 2.24) is 19.9 Å². The van der Waals surface area contributed by atoms with E-state index < -0.39 is 23.9 Å². The molecule has 51 heavy (non-hydrogen) atoms. The van der Waals surface area contributed by atoms with Crippen LogP contribution in [-0.4, -0.2) is 69.5 Å². The van der Waals surface area contributed by atoms with E-state index in [4.69, 9.17) is 16.3 Å². The van der Waals surface area contributed by atoms with E-state index in [2.05, 4.69) is 37.0 Å². The van der Waals surface area contributed by atoms with Gasteiger partial charge in [-0.1, -0.05) is 29.8 Å². The second-order valence-electron chi connectivity index (χ2n) is 11.4. The second kappa shape index (κ2) is 15.6. The maximum atomic E-state index is 12.7. The first-order valence-corrected chi connectivity index (χ1v) is 15.6. The smallest absolute Gasteiger partial charge is 0.458 e. The van der Waals surface area contributed by atoms with Crippen LogP contribution in [0.5, 0.6) is 5.75 Å². The molecule has 2 aromatic heterocycles. The molecule has 1 unspecified atom stereocenters. The van der Waals surface area contributed by atoms with E-state index in [9.17, 15) is 40.7 Å². The summed E-state index contributed by atoms with van der Waals surface area (Å²) in [6, 6.07) is 17.5. The molecule has 6 bridgehead atoms. The summed E-state index contributed by atoms with van der Waals surface area (Å²) in [5.41, 5.74) is 4.63. The Morgan fingerprint density at radius 3 is 2.33 bits per heavy atom. The van der Waals surface area contributed by atoms with Crippen molar-refractivity contribution in [2.45, 2.75) is 31.6 Å². The first kappa shape index (κ1) is 36.8. The number of para-hydroxylation sites is 1. The lowest BCUT2D eigenvalue weighted by Gasteiger charge is -2.19. The van der Waals surface area contributed by atoms with Gasteiger partial charge in [-0.2, -0.15) is 31.3 Å². The number of Topliss-reactive ketones (excluding diaryl/α,β-unsaturated/α-hetero) is 2. The average molecular weight is 736 g/mol. The minimum absolute atomic E-state index is 0.0750. The van der Waals surface area contributed by atoms with Crippen LogP contribution >= 0.6 is 11.6 Å². The van der Waals surface area contributed by atoms with Crippen molar-refractivity contribution in [1.29, 1.82) is 0 Å². The largest absolute Gasteiger partial charge is 0.493 e. The van der Waals surface area contributed by atoms with Crippen molar-refractivity contribution < 1.29 is 45.5 Å². The first-order valence-electron chi connectivity index (χ1n) is 15.3. The van der Waals surface area contributed by atoms with Gasteiger partial charge in [-0.05, 0) is 66.8 Å². The number of aromatic nitrogens is 3. The van der Waals surface area contributed by atoms with Crippen LogP contribution in [0.1, 0.15) is 17.5 Å². The summed E-state index contributed by atoms with van der Waals surface area (Å²) in [5.74, 6) is -4.78. The number of likely N-dealkylation sites (tertiary alicyclic amines) is 1. The molecule has 2 aliphatic heterocycles. The quantitative estimate of drug-likeness (QED) is 0.143. The lowest BCUT2D eigenvalue weighted by atomic mass is 10.0. The monoisotopic (exact) mass is 735 g/mol. The molecule has 0 saturated carbocycles. The average Bonchev–Trinajstić information content (AvgIpc) is 3.57. The van der Waals surface area contributed by atoms with E-state index in [1.54, 1.807) is 12.4 Å². The molecule has 18 heteroatoms. The molecular formula is C33H28ClF6N7O4. The Labute approximate surface area is 291 Å². The van der Waals surface area contributed by atoms with Crippen molar-refractivity contribution in [3.8, 4) is 5.75 Å². The van der Waals surface area contributed by atoms with Crippen molar-refractivity contribution in [2.75, 3.05) is 35.6 Å². The fourth-order valence-corrected chi connectivity index (χ4v) is 5.23. The number of urea groups is 1. The van der Waals surface area contributed by atoms with Gasteiger partial charge in [-0.15, -0.1) is 0 Å². The lowest BCUT2D eigenvalue weighted by molar-refractivity contribution is -0.193. The molecule has 2 amide bonds. The number of carbonyl (C=O) groups excluding carboxylic acids is 3. The van der Waals surface area contributed by atoms with Crippen LogP contribution in [0.15, 0.2) is 73.2 Å². The van der Waals surface area contributed by atoms with Gasteiger partial charge >= 0.3 is 30.0 Å². The number of nitrogens with one attached hydrogen (secondary N) is 3. The highest BCUT2D eigenvalue weighted by Gasteiger charge is 2.54. The third-order valence-corrected chi connectivity index (χ3v) is 7.87. The van der Waals surface area contributed by atoms with Crippen molar-refractivity contribution in [2.24, 2.45) is 5.92 Å². The number of pyridine rings is 1. The Bertz CT molecular complexity index is 1870. The van der Waals surface area contributed by atoms with Gasteiger partial charge in [0.1, 0.15) is 10.8 Å². The number of hydrogen-bond donors (Lipinski definition) is 3. The predicted octanol–water partition coefficient (Wildman–Crippen LogP) is 7.29. The number of alkyl halides is 6. The van der Waals surface area contributed by atoms with Crippen LogP contribution in [0.25, 0.3) is 0 Å². The van der Waals surface area contributed by atoms with Gasteiger partial charge in [0.2, 0.25) is 5.95 Å². The van der Waals surface area contributed by atoms with Gasteiger partial charge in [0.05, 0.1) is 24.7 Å². The molecule has 0 radical (unpaired) electrons. The highest BCUT2D eigenvalue weighted by Crippen LogP contribution is 2.31. The van der Waals surface area contributed by atoms with Gasteiger partial charge in [0.25, 0.3) is 0 Å². The van der Waals surface area contributed by atoms with Gasteiger partial charge in [-0.3, -0.25) is 14.6 Å². The third-order valence-electron chi connectivity index (χ3n) is 7.60. The molecule has 1 saturated heterocycles. The zero-order valence-corrected chi connectivity index (χ0v) is 27.1. The van der Waals surface area contributed by atoms with E-state index in [1.807, 2.05) is 59.6 Å². The summed E-state index contributed by atoms with van der Waals surface area (Å²) in [6.07, 6.45) is -3.90. The van der Waals surface area contributed by atoms with Crippen molar-refractivity contribution in [3.05, 3.63) is 89.3 Å². The maximum Gasteiger partial charge on any atom is 0.458 e. The summed E-state index contributed by atoms with van der Waals surface area (Å²) >= 11 is 6.38. The molecule has 0 spiro atoms. The van der Waals surface area contributed by atoms with Crippen LogP contribution in [0.3, 0.4) is 0 Å². The lowest BCUT2D eigenvalue weighted by Crippen LogP contribution is -2.39. The zero-order chi connectivity index (χ0) is 36.8. The van der Waals surface area contributed by atoms with E-state index in [1.165, 1.54) is 0 Å². The van der Waals surface area contributed by atoms with Crippen LogP contribution in [0.4, 0.5) is 60.0 Å². The molecule has 2 aromatic carbocycles. The third kappa shape index (κ3) is 10.1. The van der Waals surface area contributed by atoms with Crippen molar-refractivity contribution >= 4 is 58.0 Å². The molecule has 1 atom stereocenters. The molecule has 268 valence electrons. The minimum Gasteiger partial charge on any atom is -0.493 e. The number of halogens is 7. The van der Waals surface area contributed by atoms with E-state index in [-0.39, 0.29) is 11.9 Å². The number of ketones is 2. The topological polar surface area (TPSA) is 138 Å². The highest BCUT2D eigenvalue weighted by atomic mass is 35.5. The minimum atomic E-state index is -5.77. The molecular weight excluding hydrogens is 708 g/mol. The fraction of sp³-hybridized carbons (Fsp3) is 0.273. The second-order valence-corrected chi connectivity index (χ2v) is 11.8. The number of carbonyl (C=O) groups is 3. The Morgan fingerprint density at radius 2 is 1.63 bits per heavy atom. The van der Waals surface area contributed by atoms with E-state index >= 15 is 0 Å². The van der Waals surface area contributed by atoms with Crippen LogP contribution in [0.2, 0.25) is 5.02 Å². The fourth-order valence-electron chi connectivity index (χ4n) is 5.09. The van der Waals surface area contributed by atoms with Crippen LogP contribution < -0.4 is 20.7 Å². The summed E-state index contributed by atoms with van der Waals surface area (Å²) in [4.78, 5) is 47.0. The normalized spacial score (nSPS) is 15.4. The van der Waals surface area contributed by atoms with E-state index in [0.29, 0.717) is 36.5 Å². The number of aryl methyl sites for hydroxylation is 2. The Morgan fingerprint density at radius 1 is 0.902 bits per heavy atom. The zero-order valence-electron chi connectivity index (χ0n) is 26.3. The number of nitrogens with zero attached hydrogens (tertiary/aromatic N) is 4. The Hall–Kier alpha value is -5.45. The number of ether oxygens (including phenoxy) is 1. The maximum absolute atomic E-state index is 12.7. The van der Waals surface area contributed by atoms with Crippen LogP contribution in [-0.2, 0) is 22.4 Å². The number of anilines is 5. The molecule has 11 nitrogen and oxygen atoms in total. The Kier molecular flexibility index (Phi) is 11.3. The van der Waals surface area contributed by atoms with Crippen LogP contribution in [0, 0.1) is 5.92 Å². The number of fused-ring (bicyclic) bond motifs is 6. The highest BCUT2D eigenvalue weighted by molar-refractivity contribution is 6.41. The number of amides is 2. The number of rotatable bonds is 5. The van der Waals surface area contributed by atoms with E-state index in [0.717, 1.165) is 53.2 Å². The Balaban J connectivity index is 0.000000362. The summed E-state index contributed by atoms with van der Waals surface area (Å²) in [7, 11) is 0. The number of hydrogen-bond acceptors (Lipinski definition) is 9. The standard InChI is InChI=1S/C29H28ClN7O2.C4F6O2/c30-25-16-32-28-34-24-12-19(14-31-15-24)6-7-21-13-23(33-27(25)36-28)8-9-26(21)39-18-20-10-11-37(17-20)29(38)35-22-4-2-1-3-5-22;5-3(6,7)1(11)2(12)4(8,9)10/h1-5,8-9,12-16,20H,6-7,10-11,17-18H2,(H,35,38)(H2,32,33,34,36);. The van der Waals surface area contributed by atoms with Gasteiger partial charge < -0.3 is 25.6 Å². The van der Waals surface area contributed by atoms with Gasteiger partial charge in [0.15, 0.2) is 5.82 Å². The predicted molar refractivity (Wildman–Crippen MR) is 174 cm³/mol. The molecule has 0 aliphatic carbocycles. The molecule has 4 aromatic rings. The summed E-state index contributed by atoms with van der Waals surface area (Å²) < 4.78 is 73.3. The SMILES string of the molecule is O=C(C(=O)C(F)(F)F)C(F)(F)F.O=C(Nc1ccccc1)N1CCC(COc2ccc3cc2CCc2cncc(c2)Nc2ncc(Cl)c(n2)N3)C1. The molecule has 2 aliphatic rings. The molecule has 1 fully saturated rings. The van der Waals surface area contributed by atoms with Gasteiger partial charge in [0, 0.05) is 36.6 Å². The summed E-state index contributed by atoms with van der Waals surface area (Å²) in [5, 5.41) is 9.91. The summed E-state index contributed by atoms with van der Waals surface area (Å²) in [6.45, 7) is 1.91. The van der Waals surface area contributed by atoms with Gasteiger partial charge in [-0.25, -0.2) is 9.78 Å². The first-order chi connectivity index (χ1) is 24.2. The number of benzene rings is 2.